The Morgan fingerprint density at radius 2 is 1.43 bits per heavy atom. The van der Waals surface area contributed by atoms with Crippen molar-refractivity contribution in [3.8, 4) is 0 Å². The molecule has 0 saturated carbocycles. The number of ketones is 1. The van der Waals surface area contributed by atoms with E-state index in [0.29, 0.717) is 24.8 Å². The molecule has 0 aromatic heterocycles. The molecule has 0 bridgehead atoms. The van der Waals surface area contributed by atoms with Gasteiger partial charge in [-0.3, -0.25) is 19.2 Å². The van der Waals surface area contributed by atoms with Crippen molar-refractivity contribution >= 4 is 35.3 Å². The van der Waals surface area contributed by atoms with Crippen LogP contribution in [0.3, 0.4) is 0 Å². The third kappa shape index (κ3) is 8.44. The highest BCUT2D eigenvalue weighted by atomic mass is 16.5. The lowest BCUT2D eigenvalue weighted by atomic mass is 10.0. The number of alkyl carbamates (subject to hydrolysis) is 1. The minimum Gasteiger partial charge on any atom is -0.445 e. The van der Waals surface area contributed by atoms with Gasteiger partial charge in [-0.15, -0.1) is 0 Å². The zero-order valence-electron chi connectivity index (χ0n) is 27.7. The number of Topliss-reactive ketones (excluding diaryl/α,β-unsaturated/α-hetero) is 1. The molecule has 11 nitrogen and oxygen atoms in total. The number of carbonyl (C=O) groups is 5. The normalized spacial score (nSPS) is 18.7. The van der Waals surface area contributed by atoms with Gasteiger partial charge >= 0.3 is 6.09 Å². The van der Waals surface area contributed by atoms with Crippen molar-refractivity contribution in [1.82, 2.24) is 20.4 Å². The number of nitrogens with zero attached hydrogens (tertiary/aromatic N) is 3. The first kappa shape index (κ1) is 34.5. The quantitative estimate of drug-likeness (QED) is 0.366. The van der Waals surface area contributed by atoms with Gasteiger partial charge in [0.25, 0.3) is 5.91 Å². The van der Waals surface area contributed by atoms with E-state index in [1.165, 1.54) is 9.80 Å². The van der Waals surface area contributed by atoms with Crippen molar-refractivity contribution in [2.75, 3.05) is 32.1 Å². The van der Waals surface area contributed by atoms with E-state index in [0.717, 1.165) is 11.3 Å². The second-order valence-corrected chi connectivity index (χ2v) is 13.3. The standard InChI is InChI=1S/C35H47N5O6/c1-22(2)18-27(36-32(42)25-12-14-26(15-13-25)38(5)6)33(43)39-17-16-29-31(39)30(41)20-40(29)34(44)28(19-23(3)4)37-35(45)46-21-24-10-8-7-9-11-24/h7-15,22-23,27-29,31H,16-21H2,1-6H3,(H,36,42)(H,37,45)/t27?,28-,29-,31+/m1/s1. The zero-order chi connectivity index (χ0) is 33.5. The number of hydrogen-bond donors (Lipinski definition) is 2. The SMILES string of the molecule is CC(C)CC(NC(=O)c1ccc(N(C)C)cc1)C(=O)N1CC[C@@H]2[C@H]1C(=O)CN2C(=O)[C@@H](CC(C)C)NC(=O)OCc1ccccc1. The Labute approximate surface area is 271 Å². The maximum atomic E-state index is 13.9. The van der Waals surface area contributed by atoms with Crippen LogP contribution < -0.4 is 15.5 Å². The molecule has 46 heavy (non-hydrogen) atoms. The Morgan fingerprint density at radius 1 is 0.848 bits per heavy atom. The monoisotopic (exact) mass is 633 g/mol. The fourth-order valence-corrected chi connectivity index (χ4v) is 6.20. The van der Waals surface area contributed by atoms with Gasteiger partial charge in [0, 0.05) is 31.9 Å². The number of anilines is 1. The number of hydrogen-bond acceptors (Lipinski definition) is 7. The fourth-order valence-electron chi connectivity index (χ4n) is 6.20. The molecule has 0 spiro atoms. The minimum absolute atomic E-state index is 0.0642. The molecule has 2 aliphatic rings. The van der Waals surface area contributed by atoms with E-state index < -0.39 is 30.3 Å². The van der Waals surface area contributed by atoms with Crippen LogP contribution in [0.25, 0.3) is 0 Å². The smallest absolute Gasteiger partial charge is 0.408 e. The van der Waals surface area contributed by atoms with Gasteiger partial charge in [-0.05, 0) is 60.9 Å². The van der Waals surface area contributed by atoms with Crippen molar-refractivity contribution in [3.63, 3.8) is 0 Å². The Bertz CT molecular complexity index is 1390. The zero-order valence-corrected chi connectivity index (χ0v) is 27.7. The van der Waals surface area contributed by atoms with E-state index in [4.69, 9.17) is 4.74 Å². The highest BCUT2D eigenvalue weighted by Gasteiger charge is 2.53. The molecule has 2 aromatic carbocycles. The molecule has 2 aromatic rings. The number of rotatable bonds is 12. The largest absolute Gasteiger partial charge is 0.445 e. The van der Waals surface area contributed by atoms with Crippen LogP contribution in [0.2, 0.25) is 0 Å². The lowest BCUT2D eigenvalue weighted by Gasteiger charge is -2.30. The molecule has 11 heteroatoms. The van der Waals surface area contributed by atoms with Crippen molar-refractivity contribution < 1.29 is 28.7 Å². The van der Waals surface area contributed by atoms with Crippen LogP contribution in [0, 0.1) is 11.8 Å². The number of nitrogens with one attached hydrogen (secondary N) is 2. The number of likely N-dealkylation sites (tertiary alicyclic amines) is 2. The molecule has 4 atom stereocenters. The van der Waals surface area contributed by atoms with Gasteiger partial charge in [-0.2, -0.15) is 0 Å². The summed E-state index contributed by atoms with van der Waals surface area (Å²) in [7, 11) is 3.83. The van der Waals surface area contributed by atoms with Gasteiger partial charge in [0.05, 0.1) is 12.6 Å². The summed E-state index contributed by atoms with van der Waals surface area (Å²) in [5, 5.41) is 5.62. The molecular formula is C35H47N5O6. The predicted octanol–water partition coefficient (Wildman–Crippen LogP) is 3.62. The summed E-state index contributed by atoms with van der Waals surface area (Å²) in [6.45, 7) is 8.04. The van der Waals surface area contributed by atoms with E-state index in [1.54, 1.807) is 12.1 Å². The minimum atomic E-state index is -0.883. The van der Waals surface area contributed by atoms with Crippen LogP contribution in [-0.4, -0.2) is 90.8 Å². The molecule has 2 aliphatic heterocycles. The first-order valence-electron chi connectivity index (χ1n) is 16.0. The molecule has 4 amide bonds. The number of fused-ring (bicyclic) bond motifs is 1. The lowest BCUT2D eigenvalue weighted by Crippen LogP contribution is -2.53. The summed E-state index contributed by atoms with van der Waals surface area (Å²) in [6, 6.07) is 13.4. The van der Waals surface area contributed by atoms with Crippen LogP contribution in [0.5, 0.6) is 0 Å². The molecule has 2 N–H and O–H groups in total. The molecule has 2 heterocycles. The van der Waals surface area contributed by atoms with Gasteiger partial charge in [-0.1, -0.05) is 58.0 Å². The van der Waals surface area contributed by atoms with E-state index >= 15 is 0 Å². The first-order valence-corrected chi connectivity index (χ1v) is 16.0. The molecule has 0 radical (unpaired) electrons. The maximum absolute atomic E-state index is 13.9. The molecule has 0 aliphatic carbocycles. The van der Waals surface area contributed by atoms with Crippen LogP contribution in [-0.2, 0) is 25.7 Å². The summed E-state index contributed by atoms with van der Waals surface area (Å²) in [5.74, 6) is -1.11. The van der Waals surface area contributed by atoms with E-state index in [1.807, 2.05) is 89.2 Å². The van der Waals surface area contributed by atoms with E-state index in [2.05, 4.69) is 10.6 Å². The third-order valence-corrected chi connectivity index (χ3v) is 8.46. The Kier molecular flexibility index (Phi) is 11.4. The summed E-state index contributed by atoms with van der Waals surface area (Å²) < 4.78 is 5.37. The Hall–Kier alpha value is -4.41. The van der Waals surface area contributed by atoms with Crippen molar-refractivity contribution in [3.05, 3.63) is 65.7 Å². The number of benzene rings is 2. The molecule has 1 unspecified atom stereocenters. The lowest BCUT2D eigenvalue weighted by molar-refractivity contribution is -0.138. The van der Waals surface area contributed by atoms with Crippen molar-refractivity contribution in [1.29, 1.82) is 0 Å². The van der Waals surface area contributed by atoms with Crippen LogP contribution >= 0.6 is 0 Å². The van der Waals surface area contributed by atoms with Crippen molar-refractivity contribution in [2.45, 2.75) is 77.7 Å². The average molecular weight is 634 g/mol. The maximum Gasteiger partial charge on any atom is 0.408 e. The van der Waals surface area contributed by atoms with Crippen LogP contribution in [0.1, 0.15) is 62.9 Å². The van der Waals surface area contributed by atoms with Gasteiger partial charge in [0.1, 0.15) is 24.7 Å². The van der Waals surface area contributed by atoms with Gasteiger partial charge in [0.2, 0.25) is 11.8 Å². The van der Waals surface area contributed by atoms with Gasteiger partial charge in [-0.25, -0.2) is 4.79 Å². The molecular weight excluding hydrogens is 586 g/mol. The van der Waals surface area contributed by atoms with Crippen LogP contribution in [0.15, 0.2) is 54.6 Å². The second kappa shape index (κ2) is 15.2. The van der Waals surface area contributed by atoms with Gasteiger partial charge in [0.15, 0.2) is 5.78 Å². The average Bonchev–Trinajstić information content (AvgIpc) is 3.60. The summed E-state index contributed by atoms with van der Waals surface area (Å²) in [5.41, 5.74) is 2.21. The molecule has 2 saturated heterocycles. The van der Waals surface area contributed by atoms with E-state index in [-0.39, 0.29) is 55.0 Å². The van der Waals surface area contributed by atoms with E-state index in [9.17, 15) is 24.0 Å². The third-order valence-electron chi connectivity index (χ3n) is 8.46. The first-order chi connectivity index (χ1) is 21.8. The summed E-state index contributed by atoms with van der Waals surface area (Å²) in [4.78, 5) is 72.0. The summed E-state index contributed by atoms with van der Waals surface area (Å²) >= 11 is 0. The predicted molar refractivity (Wildman–Crippen MR) is 175 cm³/mol. The highest BCUT2D eigenvalue weighted by molar-refractivity contribution is 6.01. The summed E-state index contributed by atoms with van der Waals surface area (Å²) in [6.07, 6.45) is 0.477. The topological polar surface area (TPSA) is 128 Å². The Morgan fingerprint density at radius 3 is 2.02 bits per heavy atom. The van der Waals surface area contributed by atoms with Crippen LogP contribution in [0.4, 0.5) is 10.5 Å². The number of carbonyl (C=O) groups excluding carboxylic acids is 5. The molecule has 4 rings (SSSR count). The highest BCUT2D eigenvalue weighted by Crippen LogP contribution is 2.32. The fraction of sp³-hybridized carbons (Fsp3) is 0.514. The second-order valence-electron chi connectivity index (χ2n) is 13.3. The van der Waals surface area contributed by atoms with Gasteiger partial charge < -0.3 is 30.1 Å². The van der Waals surface area contributed by atoms with Crippen molar-refractivity contribution in [2.24, 2.45) is 11.8 Å². The molecule has 2 fully saturated rings. The number of amides is 4. The molecule has 248 valence electrons. The number of ether oxygens (including phenoxy) is 1. The Balaban J connectivity index is 1.44.